The molecular weight excluding hydrogens is 462 g/mol. The van der Waals surface area contributed by atoms with Crippen molar-refractivity contribution in [2.45, 2.75) is 77.9 Å². The number of rotatable bonds is 8. The van der Waals surface area contributed by atoms with E-state index in [9.17, 15) is 20.1 Å². The van der Waals surface area contributed by atoms with Gasteiger partial charge in [-0.2, -0.15) is 0 Å². The second-order valence-corrected chi connectivity index (χ2v) is 12.5. The van der Waals surface area contributed by atoms with E-state index in [1.807, 2.05) is 19.1 Å². The molecule has 7 nitrogen and oxygen atoms in total. The van der Waals surface area contributed by atoms with Gasteiger partial charge in [-0.25, -0.2) is 4.98 Å². The molecule has 2 aromatic heterocycles. The van der Waals surface area contributed by atoms with Crippen LogP contribution in [-0.4, -0.2) is 56.6 Å². The van der Waals surface area contributed by atoms with Crippen molar-refractivity contribution in [2.24, 2.45) is 22.7 Å². The molecule has 2 aliphatic carbocycles. The van der Waals surface area contributed by atoms with Crippen LogP contribution in [0.2, 0.25) is 0 Å². The highest BCUT2D eigenvalue weighted by molar-refractivity contribution is 7.15. The van der Waals surface area contributed by atoms with E-state index >= 15 is 0 Å². The highest BCUT2D eigenvalue weighted by Crippen LogP contribution is 2.62. The van der Waals surface area contributed by atoms with Crippen molar-refractivity contribution in [1.29, 1.82) is 0 Å². The molecule has 1 saturated carbocycles. The van der Waals surface area contributed by atoms with Gasteiger partial charge >= 0.3 is 0 Å². The second-order valence-electron chi connectivity index (χ2n) is 11.4. The Labute approximate surface area is 212 Å². The Morgan fingerprint density at radius 1 is 1.31 bits per heavy atom. The quantitative estimate of drug-likeness (QED) is 0.440. The summed E-state index contributed by atoms with van der Waals surface area (Å²) in [5, 5.41) is 35.1. The summed E-state index contributed by atoms with van der Waals surface area (Å²) in [5.41, 5.74) is 0.964. The smallest absolute Gasteiger partial charge is 0.220 e. The van der Waals surface area contributed by atoms with Crippen LogP contribution >= 0.6 is 11.3 Å². The fraction of sp³-hybridized carbons (Fsp3) is 0.667. The standard InChI is InChI=1S/C27H39N3O4S/c1-16(2)10-18(14-31)29-23(34)11-19-24-20(35-25(30-24)17-6-5-9-28-13-17)12-21-26(19,3)8-7-22(33)27(21,4)15-32/h5-6,9,13,16,18-19,21-22,31-33H,7-8,10-12,14-15H2,1-4H3,(H,29,34). The molecule has 0 aromatic carbocycles. The molecule has 1 fully saturated rings. The maximum Gasteiger partial charge on any atom is 0.220 e. The van der Waals surface area contributed by atoms with E-state index in [1.54, 1.807) is 23.7 Å². The van der Waals surface area contributed by atoms with Crippen molar-refractivity contribution in [3.8, 4) is 10.6 Å². The minimum atomic E-state index is -0.650. The monoisotopic (exact) mass is 501 g/mol. The van der Waals surface area contributed by atoms with Crippen LogP contribution in [0.1, 0.15) is 69.9 Å². The predicted octanol–water partition coefficient (Wildman–Crippen LogP) is 3.53. The molecule has 0 radical (unpaired) electrons. The van der Waals surface area contributed by atoms with Crippen molar-refractivity contribution in [3.63, 3.8) is 0 Å². The van der Waals surface area contributed by atoms with Crippen LogP contribution in [0.5, 0.6) is 0 Å². The van der Waals surface area contributed by atoms with E-state index < -0.39 is 11.5 Å². The minimum Gasteiger partial charge on any atom is -0.396 e. The topological polar surface area (TPSA) is 116 Å². The van der Waals surface area contributed by atoms with Crippen LogP contribution in [0.15, 0.2) is 24.5 Å². The van der Waals surface area contributed by atoms with E-state index in [0.29, 0.717) is 18.8 Å². The van der Waals surface area contributed by atoms with Gasteiger partial charge in [0.25, 0.3) is 0 Å². The number of carbonyl (C=O) groups is 1. The molecule has 2 aliphatic rings. The average molecular weight is 502 g/mol. The molecule has 2 heterocycles. The maximum atomic E-state index is 13.3. The normalized spacial score (nSPS) is 31.0. The zero-order valence-electron chi connectivity index (χ0n) is 21.2. The Kier molecular flexibility index (Phi) is 7.67. The number of aromatic nitrogens is 2. The number of aliphatic hydroxyl groups excluding tert-OH is 3. The number of amides is 1. The summed E-state index contributed by atoms with van der Waals surface area (Å²) >= 11 is 1.63. The number of aliphatic hydroxyl groups is 3. The number of hydrogen-bond acceptors (Lipinski definition) is 7. The maximum absolute atomic E-state index is 13.3. The molecule has 0 aliphatic heterocycles. The third-order valence-corrected chi connectivity index (χ3v) is 9.68. The van der Waals surface area contributed by atoms with Crippen LogP contribution < -0.4 is 5.32 Å². The number of fused-ring (bicyclic) bond motifs is 2. The highest BCUT2D eigenvalue weighted by atomic mass is 32.1. The molecule has 1 amide bonds. The van der Waals surface area contributed by atoms with E-state index in [-0.39, 0.29) is 48.8 Å². The number of hydrogen-bond donors (Lipinski definition) is 4. The largest absolute Gasteiger partial charge is 0.396 e. The van der Waals surface area contributed by atoms with Gasteiger partial charge in [0.1, 0.15) is 5.01 Å². The Morgan fingerprint density at radius 2 is 2.09 bits per heavy atom. The van der Waals surface area contributed by atoms with Crippen LogP contribution in [-0.2, 0) is 11.2 Å². The van der Waals surface area contributed by atoms with Gasteiger partial charge in [0.2, 0.25) is 5.91 Å². The van der Waals surface area contributed by atoms with Crippen molar-refractivity contribution >= 4 is 17.2 Å². The minimum absolute atomic E-state index is 0.0144. The summed E-state index contributed by atoms with van der Waals surface area (Å²) in [7, 11) is 0. The van der Waals surface area contributed by atoms with Crippen LogP contribution in [0.3, 0.4) is 0 Å². The number of thiazole rings is 1. The molecule has 6 atom stereocenters. The second kappa shape index (κ2) is 10.2. The lowest BCUT2D eigenvalue weighted by Crippen LogP contribution is -2.58. The van der Waals surface area contributed by atoms with Crippen molar-refractivity contribution in [1.82, 2.24) is 15.3 Å². The lowest BCUT2D eigenvalue weighted by Gasteiger charge is -2.58. The van der Waals surface area contributed by atoms with Gasteiger partial charge in [-0.3, -0.25) is 9.78 Å². The number of carbonyl (C=O) groups excluding carboxylic acids is 1. The fourth-order valence-corrected chi connectivity index (χ4v) is 7.64. The lowest BCUT2D eigenvalue weighted by molar-refractivity contribution is -0.144. The first-order valence-electron chi connectivity index (χ1n) is 12.7. The van der Waals surface area contributed by atoms with Crippen molar-refractivity contribution < 1.29 is 20.1 Å². The molecule has 0 spiro atoms. The van der Waals surface area contributed by atoms with Crippen LogP contribution in [0.4, 0.5) is 0 Å². The van der Waals surface area contributed by atoms with Gasteiger partial charge in [0.15, 0.2) is 0 Å². The third-order valence-electron chi connectivity index (χ3n) is 8.53. The first kappa shape index (κ1) is 26.2. The van der Waals surface area contributed by atoms with Gasteiger partial charge in [0, 0.05) is 40.6 Å². The van der Waals surface area contributed by atoms with Crippen LogP contribution in [0, 0.1) is 22.7 Å². The van der Waals surface area contributed by atoms with Gasteiger partial charge < -0.3 is 20.6 Å². The summed E-state index contributed by atoms with van der Waals surface area (Å²) in [6.07, 6.45) is 6.02. The molecule has 0 saturated heterocycles. The van der Waals surface area contributed by atoms with Gasteiger partial charge in [-0.1, -0.05) is 27.7 Å². The molecule has 6 unspecified atom stereocenters. The number of nitrogens with zero attached hydrogens (tertiary/aromatic N) is 2. The molecule has 4 rings (SSSR count). The lowest BCUT2D eigenvalue weighted by atomic mass is 9.47. The molecule has 192 valence electrons. The SMILES string of the molecule is CC(C)CC(CO)NC(=O)CC1c2nc(-c3cccnc3)sc2CC2C(C)(CO)C(O)CCC12C. The Bertz CT molecular complexity index is 1030. The average Bonchev–Trinajstić information content (AvgIpc) is 3.27. The molecule has 4 N–H and O–H groups in total. The van der Waals surface area contributed by atoms with Crippen molar-refractivity contribution in [2.75, 3.05) is 13.2 Å². The molecule has 0 bridgehead atoms. The summed E-state index contributed by atoms with van der Waals surface area (Å²) in [5.74, 6) is 0.145. The van der Waals surface area contributed by atoms with Crippen LogP contribution in [0.25, 0.3) is 10.6 Å². The van der Waals surface area contributed by atoms with E-state index in [0.717, 1.165) is 34.0 Å². The predicted molar refractivity (Wildman–Crippen MR) is 137 cm³/mol. The van der Waals surface area contributed by atoms with Crippen molar-refractivity contribution in [3.05, 3.63) is 35.1 Å². The van der Waals surface area contributed by atoms with E-state index in [4.69, 9.17) is 4.98 Å². The zero-order chi connectivity index (χ0) is 25.4. The molecule has 2 aromatic rings. The Hall–Kier alpha value is -1.87. The molecule has 35 heavy (non-hydrogen) atoms. The van der Waals surface area contributed by atoms with Gasteiger partial charge in [-0.05, 0) is 55.1 Å². The summed E-state index contributed by atoms with van der Waals surface area (Å²) in [4.78, 5) is 23.7. The molecular formula is C27H39N3O4S. The Morgan fingerprint density at radius 3 is 2.71 bits per heavy atom. The highest BCUT2D eigenvalue weighted by Gasteiger charge is 2.59. The first-order valence-corrected chi connectivity index (χ1v) is 13.5. The van der Waals surface area contributed by atoms with Gasteiger partial charge in [-0.15, -0.1) is 11.3 Å². The summed E-state index contributed by atoms with van der Waals surface area (Å²) in [6.45, 7) is 8.15. The zero-order valence-corrected chi connectivity index (χ0v) is 22.0. The molecule has 8 heteroatoms. The first-order chi connectivity index (χ1) is 16.6. The van der Waals surface area contributed by atoms with E-state index in [1.165, 1.54) is 0 Å². The Balaban J connectivity index is 1.72. The fourth-order valence-electron chi connectivity index (χ4n) is 6.48. The number of nitrogens with one attached hydrogen (secondary N) is 1. The number of pyridine rings is 1. The van der Waals surface area contributed by atoms with Gasteiger partial charge in [0.05, 0.1) is 31.1 Å². The summed E-state index contributed by atoms with van der Waals surface area (Å²) in [6, 6.07) is 3.61. The van der Waals surface area contributed by atoms with E-state index in [2.05, 4.69) is 31.1 Å². The third kappa shape index (κ3) is 4.90. The summed E-state index contributed by atoms with van der Waals surface area (Å²) < 4.78 is 0.